The van der Waals surface area contributed by atoms with Gasteiger partial charge < -0.3 is 4.90 Å². The fourth-order valence-electron chi connectivity index (χ4n) is 10.0. The van der Waals surface area contributed by atoms with E-state index in [1.165, 1.54) is 92.6 Å². The first-order valence-corrected chi connectivity index (χ1v) is 20.5. The molecule has 11 rings (SSSR count). The van der Waals surface area contributed by atoms with Crippen molar-refractivity contribution in [1.82, 2.24) is 0 Å². The summed E-state index contributed by atoms with van der Waals surface area (Å²) in [6, 6.07) is 65.7. The van der Waals surface area contributed by atoms with Crippen LogP contribution in [-0.2, 0) is 10.8 Å². The van der Waals surface area contributed by atoms with Crippen LogP contribution < -0.4 is 4.90 Å². The van der Waals surface area contributed by atoms with Gasteiger partial charge in [0, 0.05) is 47.9 Å². The fraction of sp³-hybridized carbons (Fsp3) is 0.111. The minimum atomic E-state index is -0.115. The van der Waals surface area contributed by atoms with Gasteiger partial charge in [-0.25, -0.2) is 0 Å². The molecule has 0 amide bonds. The van der Waals surface area contributed by atoms with Crippen LogP contribution in [-0.4, -0.2) is 0 Å². The lowest BCUT2D eigenvalue weighted by atomic mass is 9.79. The molecule has 0 atom stereocenters. The van der Waals surface area contributed by atoms with Crippen LogP contribution >= 0.6 is 11.3 Å². The summed E-state index contributed by atoms with van der Waals surface area (Å²) in [5.41, 5.74) is 19.1. The van der Waals surface area contributed by atoms with Gasteiger partial charge in [0.15, 0.2) is 0 Å². The van der Waals surface area contributed by atoms with Crippen LogP contribution in [0, 0.1) is 0 Å². The summed E-state index contributed by atoms with van der Waals surface area (Å²) >= 11 is 1.89. The number of nitrogens with zero attached hydrogens (tertiary/aromatic N) is 1. The smallest absolute Gasteiger partial charge is 0.0543 e. The van der Waals surface area contributed by atoms with Gasteiger partial charge in [0.1, 0.15) is 0 Å². The molecule has 0 saturated heterocycles. The van der Waals surface area contributed by atoms with E-state index in [0.717, 1.165) is 11.4 Å². The summed E-state index contributed by atoms with van der Waals surface area (Å²) in [5, 5.41) is 2.64. The largest absolute Gasteiger partial charge is 0.310 e. The zero-order chi connectivity index (χ0) is 37.8. The van der Waals surface area contributed by atoms with E-state index in [9.17, 15) is 0 Å². The van der Waals surface area contributed by atoms with Crippen molar-refractivity contribution in [1.29, 1.82) is 0 Å². The Morgan fingerprint density at radius 2 is 0.946 bits per heavy atom. The average Bonchev–Trinajstić information content (AvgIpc) is 3.82. The topological polar surface area (TPSA) is 3.24 Å². The highest BCUT2D eigenvalue weighted by atomic mass is 32.1. The van der Waals surface area contributed by atoms with Crippen molar-refractivity contribution in [2.45, 2.75) is 38.5 Å². The molecule has 2 heteroatoms. The fourth-order valence-corrected chi connectivity index (χ4v) is 11.3. The van der Waals surface area contributed by atoms with Crippen molar-refractivity contribution in [3.8, 4) is 44.5 Å². The van der Waals surface area contributed by atoms with Gasteiger partial charge in [0.2, 0.25) is 0 Å². The Bertz CT molecular complexity index is 3050. The Morgan fingerprint density at radius 3 is 1.73 bits per heavy atom. The predicted molar refractivity (Wildman–Crippen MR) is 240 cm³/mol. The van der Waals surface area contributed by atoms with Crippen LogP contribution in [0.5, 0.6) is 0 Å². The molecule has 1 aromatic heterocycles. The van der Waals surface area contributed by atoms with Gasteiger partial charge in [-0.3, -0.25) is 0 Å². The third-order valence-corrected chi connectivity index (χ3v) is 13.9. The molecule has 1 nitrogen and oxygen atoms in total. The van der Waals surface area contributed by atoms with Crippen molar-refractivity contribution in [3.05, 3.63) is 198 Å². The third kappa shape index (κ3) is 4.72. The lowest BCUT2D eigenvalue weighted by Crippen LogP contribution is -2.16. The number of anilines is 3. The second kappa shape index (κ2) is 12.1. The molecule has 9 aromatic rings. The number of hydrogen-bond donors (Lipinski definition) is 0. The van der Waals surface area contributed by atoms with Gasteiger partial charge in [-0.05, 0) is 97.6 Å². The number of rotatable bonds is 5. The molecule has 56 heavy (non-hydrogen) atoms. The molecular formula is C54H41NS. The maximum Gasteiger partial charge on any atom is 0.0543 e. The first kappa shape index (κ1) is 33.1. The first-order chi connectivity index (χ1) is 27.3. The van der Waals surface area contributed by atoms with Crippen LogP contribution in [0.25, 0.3) is 64.7 Å². The van der Waals surface area contributed by atoms with Crippen LogP contribution in [0.2, 0.25) is 0 Å². The first-order valence-electron chi connectivity index (χ1n) is 19.7. The minimum Gasteiger partial charge on any atom is -0.310 e. The molecule has 0 radical (unpaired) electrons. The highest BCUT2D eigenvalue weighted by molar-refractivity contribution is 7.26. The van der Waals surface area contributed by atoms with Gasteiger partial charge in [-0.2, -0.15) is 0 Å². The van der Waals surface area contributed by atoms with Crippen molar-refractivity contribution in [3.63, 3.8) is 0 Å². The van der Waals surface area contributed by atoms with Crippen LogP contribution in [0.4, 0.5) is 17.1 Å². The highest BCUT2D eigenvalue weighted by Gasteiger charge is 2.39. The molecule has 8 aromatic carbocycles. The number of hydrogen-bond acceptors (Lipinski definition) is 2. The molecule has 0 aliphatic heterocycles. The molecular weight excluding hydrogens is 695 g/mol. The standard InChI is InChI=1S/C54H41NS/c1-53(2)46-28-9-6-22-44(46)50-47(53)29-15-30-48(50)55(37-19-12-17-35(33-37)39-24-14-26-43-41-21-7-10-31-49(41)56-52(39)43)36-18-11-16-34(32-36)38-23-13-25-42-40-20-5-8-27-45(40)54(3,4)51(38)42/h5-33H,1-4H3. The number of thiophene rings is 1. The molecule has 0 fully saturated rings. The Balaban J connectivity index is 1.14. The van der Waals surface area contributed by atoms with E-state index in [1.807, 2.05) is 11.3 Å². The molecule has 0 unspecified atom stereocenters. The zero-order valence-corrected chi connectivity index (χ0v) is 32.9. The van der Waals surface area contributed by atoms with E-state index in [2.05, 4.69) is 209 Å². The minimum absolute atomic E-state index is 0.112. The predicted octanol–water partition coefficient (Wildman–Crippen LogP) is 15.5. The van der Waals surface area contributed by atoms with E-state index in [1.54, 1.807) is 0 Å². The van der Waals surface area contributed by atoms with Crippen LogP contribution in [0.3, 0.4) is 0 Å². The molecule has 2 aliphatic rings. The molecule has 268 valence electrons. The van der Waals surface area contributed by atoms with Crippen LogP contribution in [0.1, 0.15) is 49.9 Å². The molecule has 1 heterocycles. The van der Waals surface area contributed by atoms with E-state index in [0.29, 0.717) is 0 Å². The lowest BCUT2D eigenvalue weighted by Gasteiger charge is -2.30. The summed E-state index contributed by atoms with van der Waals surface area (Å²) in [5.74, 6) is 0. The summed E-state index contributed by atoms with van der Waals surface area (Å²) in [4.78, 5) is 2.51. The van der Waals surface area contributed by atoms with Crippen molar-refractivity contribution in [2.75, 3.05) is 4.90 Å². The normalized spacial score (nSPS) is 14.4. The molecule has 0 N–H and O–H groups in total. The summed E-state index contributed by atoms with van der Waals surface area (Å²) in [6.45, 7) is 9.50. The second-order valence-electron chi connectivity index (χ2n) is 16.5. The van der Waals surface area contributed by atoms with Crippen molar-refractivity contribution >= 4 is 48.6 Å². The quantitative estimate of drug-likeness (QED) is 0.170. The van der Waals surface area contributed by atoms with Gasteiger partial charge in [-0.15, -0.1) is 11.3 Å². The van der Waals surface area contributed by atoms with Crippen LogP contribution in [0.15, 0.2) is 176 Å². The Kier molecular flexibility index (Phi) is 7.18. The summed E-state index contributed by atoms with van der Waals surface area (Å²) in [7, 11) is 0. The zero-order valence-electron chi connectivity index (χ0n) is 32.1. The van der Waals surface area contributed by atoms with E-state index in [4.69, 9.17) is 0 Å². The third-order valence-electron chi connectivity index (χ3n) is 12.6. The maximum absolute atomic E-state index is 2.51. The molecule has 2 aliphatic carbocycles. The SMILES string of the molecule is CC1(C)c2ccccc2-c2c(N(c3cccc(-c4cccc5c4C(C)(C)c4ccccc4-5)c3)c3cccc(-c4cccc5c4sc4ccccc45)c3)cccc21. The lowest BCUT2D eigenvalue weighted by molar-refractivity contribution is 0.660. The Labute approximate surface area is 333 Å². The molecule has 0 spiro atoms. The maximum atomic E-state index is 2.51. The van der Waals surface area contributed by atoms with E-state index in [-0.39, 0.29) is 10.8 Å². The summed E-state index contributed by atoms with van der Waals surface area (Å²) < 4.78 is 2.65. The molecule has 0 bridgehead atoms. The monoisotopic (exact) mass is 735 g/mol. The van der Waals surface area contributed by atoms with E-state index < -0.39 is 0 Å². The molecule has 0 saturated carbocycles. The summed E-state index contributed by atoms with van der Waals surface area (Å²) in [6.07, 6.45) is 0. The number of fused-ring (bicyclic) bond motifs is 9. The van der Waals surface area contributed by atoms with Crippen molar-refractivity contribution in [2.24, 2.45) is 0 Å². The Morgan fingerprint density at radius 1 is 0.411 bits per heavy atom. The Hall–Kier alpha value is -6.22. The van der Waals surface area contributed by atoms with Gasteiger partial charge in [0.05, 0.1) is 5.69 Å². The number of benzene rings is 8. The highest BCUT2D eigenvalue weighted by Crippen LogP contribution is 2.56. The van der Waals surface area contributed by atoms with Gasteiger partial charge in [-0.1, -0.05) is 167 Å². The average molecular weight is 736 g/mol. The van der Waals surface area contributed by atoms with E-state index >= 15 is 0 Å². The van der Waals surface area contributed by atoms with Gasteiger partial charge >= 0.3 is 0 Å². The van der Waals surface area contributed by atoms with Gasteiger partial charge in [0.25, 0.3) is 0 Å². The second-order valence-corrected chi connectivity index (χ2v) is 17.5. The van der Waals surface area contributed by atoms with Crippen molar-refractivity contribution < 1.29 is 0 Å².